The van der Waals surface area contributed by atoms with E-state index in [-0.39, 0.29) is 5.78 Å². The van der Waals surface area contributed by atoms with Gasteiger partial charge in [0, 0.05) is 22.9 Å². The van der Waals surface area contributed by atoms with Crippen LogP contribution in [0.4, 0.5) is 0 Å². The van der Waals surface area contributed by atoms with Crippen molar-refractivity contribution in [2.45, 2.75) is 19.3 Å². The maximum absolute atomic E-state index is 13.1. The van der Waals surface area contributed by atoms with Gasteiger partial charge in [-0.25, -0.2) is 4.98 Å². The summed E-state index contributed by atoms with van der Waals surface area (Å²) in [5.74, 6) is 1.49. The fraction of sp³-hybridized carbons (Fsp3) is 0.304. The minimum atomic E-state index is 0.218. The fourth-order valence-electron chi connectivity index (χ4n) is 3.77. The van der Waals surface area contributed by atoms with Crippen LogP contribution in [0.3, 0.4) is 0 Å². The third-order valence-electron chi connectivity index (χ3n) is 5.34. The molecule has 1 aliphatic heterocycles. The molecule has 4 rings (SSSR count). The zero-order valence-electron chi connectivity index (χ0n) is 15.6. The highest BCUT2D eigenvalue weighted by atomic mass is 16.5. The molecule has 1 saturated heterocycles. The number of pyridine rings is 1. The van der Waals surface area contributed by atoms with E-state index in [0.29, 0.717) is 12.3 Å². The average Bonchev–Trinajstić information content (AvgIpc) is 2.73. The number of methoxy groups -OCH3 is 1. The van der Waals surface area contributed by atoms with Gasteiger partial charge in [-0.15, -0.1) is 0 Å². The summed E-state index contributed by atoms with van der Waals surface area (Å²) in [5.41, 5.74) is 3.45. The van der Waals surface area contributed by atoms with Crippen LogP contribution in [0.5, 0.6) is 5.75 Å². The first-order valence-corrected chi connectivity index (χ1v) is 9.53. The monoisotopic (exact) mass is 360 g/mol. The summed E-state index contributed by atoms with van der Waals surface area (Å²) in [4.78, 5) is 17.9. The van der Waals surface area contributed by atoms with Gasteiger partial charge in [0.05, 0.1) is 18.3 Å². The highest BCUT2D eigenvalue weighted by Gasteiger charge is 2.20. The van der Waals surface area contributed by atoms with Crippen molar-refractivity contribution in [1.29, 1.82) is 0 Å². The number of ether oxygens (including phenoxy) is 1. The molecule has 1 aliphatic rings. The number of carbonyl (C=O) groups excluding carboxylic acids is 1. The molecule has 138 valence electrons. The molecule has 27 heavy (non-hydrogen) atoms. The summed E-state index contributed by atoms with van der Waals surface area (Å²) in [7, 11) is 1.65. The summed E-state index contributed by atoms with van der Waals surface area (Å²) in [6.45, 7) is 2.01. The van der Waals surface area contributed by atoms with Crippen LogP contribution in [-0.4, -0.2) is 31.0 Å². The normalized spacial score (nSPS) is 15.0. The Morgan fingerprint density at radius 3 is 2.59 bits per heavy atom. The second kappa shape index (κ2) is 7.89. The number of nitrogens with one attached hydrogen (secondary N) is 1. The summed E-state index contributed by atoms with van der Waals surface area (Å²) < 4.78 is 5.24. The first-order valence-electron chi connectivity index (χ1n) is 9.53. The smallest absolute Gasteiger partial charge is 0.163 e. The van der Waals surface area contributed by atoms with E-state index in [0.717, 1.165) is 59.4 Å². The van der Waals surface area contributed by atoms with Crippen LogP contribution < -0.4 is 10.1 Å². The van der Waals surface area contributed by atoms with Gasteiger partial charge in [0.25, 0.3) is 0 Å². The number of hydrogen-bond acceptors (Lipinski definition) is 4. The van der Waals surface area contributed by atoms with Crippen molar-refractivity contribution in [3.05, 3.63) is 60.2 Å². The molecule has 0 aliphatic carbocycles. The van der Waals surface area contributed by atoms with Crippen LogP contribution in [0.2, 0.25) is 0 Å². The Kier molecular flexibility index (Phi) is 5.16. The van der Waals surface area contributed by atoms with Crippen molar-refractivity contribution in [3.8, 4) is 17.0 Å². The molecule has 0 unspecified atom stereocenters. The van der Waals surface area contributed by atoms with Crippen LogP contribution >= 0.6 is 0 Å². The predicted molar refractivity (Wildman–Crippen MR) is 108 cm³/mol. The second-order valence-corrected chi connectivity index (χ2v) is 7.12. The summed E-state index contributed by atoms with van der Waals surface area (Å²) in [5, 5.41) is 4.30. The molecular formula is C23H24N2O2. The molecule has 0 amide bonds. The minimum Gasteiger partial charge on any atom is -0.497 e. The Morgan fingerprint density at radius 1 is 1.11 bits per heavy atom. The number of carbonyl (C=O) groups is 1. The zero-order chi connectivity index (χ0) is 18.6. The van der Waals surface area contributed by atoms with Crippen LogP contribution in [0.1, 0.15) is 29.6 Å². The van der Waals surface area contributed by atoms with Crippen molar-refractivity contribution in [2.75, 3.05) is 20.2 Å². The molecule has 4 nitrogen and oxygen atoms in total. The molecule has 4 heteroatoms. The van der Waals surface area contributed by atoms with Gasteiger partial charge in [0.1, 0.15) is 5.75 Å². The maximum atomic E-state index is 13.1. The molecule has 0 bridgehead atoms. The van der Waals surface area contributed by atoms with Crippen molar-refractivity contribution >= 4 is 16.7 Å². The van der Waals surface area contributed by atoms with E-state index in [2.05, 4.69) is 5.32 Å². The Hall–Kier alpha value is -2.72. The van der Waals surface area contributed by atoms with E-state index < -0.39 is 0 Å². The van der Waals surface area contributed by atoms with Crippen LogP contribution in [0.15, 0.2) is 54.6 Å². The molecule has 2 aromatic carbocycles. The first kappa shape index (κ1) is 17.7. The Morgan fingerprint density at radius 2 is 1.85 bits per heavy atom. The Labute approximate surface area is 159 Å². The van der Waals surface area contributed by atoms with Crippen molar-refractivity contribution < 1.29 is 9.53 Å². The number of nitrogens with zero attached hydrogens (tertiary/aromatic N) is 1. The molecule has 1 N–H and O–H groups in total. The van der Waals surface area contributed by atoms with Gasteiger partial charge in [-0.1, -0.05) is 18.2 Å². The Bertz CT molecular complexity index is 944. The molecule has 0 radical (unpaired) electrons. The summed E-state index contributed by atoms with van der Waals surface area (Å²) >= 11 is 0. The molecule has 3 aromatic rings. The Balaban J connectivity index is 1.72. The average molecular weight is 360 g/mol. The summed E-state index contributed by atoms with van der Waals surface area (Å²) in [6.07, 6.45) is 2.75. The van der Waals surface area contributed by atoms with E-state index in [1.807, 2.05) is 54.6 Å². The van der Waals surface area contributed by atoms with Crippen molar-refractivity contribution in [3.63, 3.8) is 0 Å². The molecule has 0 atom stereocenters. The van der Waals surface area contributed by atoms with Gasteiger partial charge < -0.3 is 10.1 Å². The van der Waals surface area contributed by atoms with E-state index in [1.165, 1.54) is 0 Å². The van der Waals surface area contributed by atoms with E-state index in [9.17, 15) is 4.79 Å². The highest BCUT2D eigenvalue weighted by molar-refractivity contribution is 6.08. The van der Waals surface area contributed by atoms with E-state index in [1.54, 1.807) is 7.11 Å². The number of piperidine rings is 1. The van der Waals surface area contributed by atoms with Gasteiger partial charge >= 0.3 is 0 Å². The van der Waals surface area contributed by atoms with Crippen LogP contribution in [-0.2, 0) is 0 Å². The van der Waals surface area contributed by atoms with Gasteiger partial charge in [-0.05, 0) is 68.2 Å². The first-order chi connectivity index (χ1) is 13.2. The lowest BCUT2D eigenvalue weighted by atomic mass is 9.89. The number of ketones is 1. The molecule has 0 saturated carbocycles. The number of para-hydroxylation sites is 1. The molecule has 1 fully saturated rings. The third kappa shape index (κ3) is 3.86. The number of aromatic nitrogens is 1. The third-order valence-corrected chi connectivity index (χ3v) is 5.34. The number of hydrogen-bond donors (Lipinski definition) is 1. The number of Topliss-reactive ketones (excluding diaryl/α,β-unsaturated/α-hetero) is 1. The lowest BCUT2D eigenvalue weighted by Gasteiger charge is -2.22. The SMILES string of the molecule is COc1ccc(-c2cc(C(=O)CC3CCNCC3)c3ccccc3n2)cc1. The van der Waals surface area contributed by atoms with Gasteiger partial charge in [0.2, 0.25) is 0 Å². The minimum absolute atomic E-state index is 0.218. The molecule has 1 aromatic heterocycles. The molecule has 0 spiro atoms. The quantitative estimate of drug-likeness (QED) is 0.682. The number of fused-ring (bicyclic) bond motifs is 1. The highest BCUT2D eigenvalue weighted by Crippen LogP contribution is 2.28. The molecule has 2 heterocycles. The topological polar surface area (TPSA) is 51.2 Å². The van der Waals surface area contributed by atoms with Gasteiger partial charge in [-0.2, -0.15) is 0 Å². The van der Waals surface area contributed by atoms with Crippen LogP contribution in [0.25, 0.3) is 22.2 Å². The van der Waals surface area contributed by atoms with E-state index >= 15 is 0 Å². The predicted octanol–water partition coefficient (Wildman–Crippen LogP) is 4.48. The van der Waals surface area contributed by atoms with Crippen molar-refractivity contribution in [1.82, 2.24) is 10.3 Å². The maximum Gasteiger partial charge on any atom is 0.163 e. The largest absolute Gasteiger partial charge is 0.497 e. The summed E-state index contributed by atoms with van der Waals surface area (Å²) in [6, 6.07) is 17.7. The van der Waals surface area contributed by atoms with Crippen molar-refractivity contribution in [2.24, 2.45) is 5.92 Å². The van der Waals surface area contributed by atoms with Gasteiger partial charge in [-0.3, -0.25) is 4.79 Å². The van der Waals surface area contributed by atoms with E-state index in [4.69, 9.17) is 9.72 Å². The zero-order valence-corrected chi connectivity index (χ0v) is 15.6. The van der Waals surface area contributed by atoms with Crippen LogP contribution in [0, 0.1) is 5.92 Å². The number of rotatable bonds is 5. The fourth-order valence-corrected chi connectivity index (χ4v) is 3.77. The lowest BCUT2D eigenvalue weighted by Crippen LogP contribution is -2.28. The van der Waals surface area contributed by atoms with Gasteiger partial charge in [0.15, 0.2) is 5.78 Å². The number of benzene rings is 2. The molecular weight excluding hydrogens is 336 g/mol. The lowest BCUT2D eigenvalue weighted by molar-refractivity contribution is 0.0954. The second-order valence-electron chi connectivity index (χ2n) is 7.12. The standard InChI is InChI=1S/C23H24N2O2/c1-27-18-8-6-17(7-9-18)22-15-20(19-4-2-3-5-21(19)25-22)23(26)14-16-10-12-24-13-11-16/h2-9,15-16,24H,10-14H2,1H3.